The highest BCUT2D eigenvalue weighted by molar-refractivity contribution is 6.67. The standard InChI is InChI=1S/C25H25Cl3F3N7O8/c1-10-32-18-13(7-37-16(40)4-5-17(37)41)33-20(35-21(43)46-9-22(26,27)28)38-8-15(24(44,45)23(18,38)36-10)34-19(42)11-2-3-14(39)12(6-11)25(29,30)31/h2-3,6,13,15,18,32,36,39,44-45H,1,4-5,7-9H2,(H,34,42)(H,33,35,43)/t13-,15-,18-,23-/m0/s1. The lowest BCUT2D eigenvalue weighted by Crippen LogP contribution is -2.78. The molecule has 4 aliphatic heterocycles. The summed E-state index contributed by atoms with van der Waals surface area (Å²) in [6.45, 7) is 2.14. The second-order valence-corrected chi connectivity index (χ2v) is 13.3. The number of likely N-dealkylation sites (tertiary alicyclic amines) is 1. The van der Waals surface area contributed by atoms with Gasteiger partial charge in [0.2, 0.25) is 27.4 Å². The number of rotatable bonds is 5. The number of aliphatic imine (C=N–C) groups is 1. The second kappa shape index (κ2) is 11.5. The number of phenolic OH excluding ortho intramolecular Hbond substituents is 1. The van der Waals surface area contributed by atoms with E-state index in [0.717, 1.165) is 15.9 Å². The van der Waals surface area contributed by atoms with Gasteiger partial charge in [-0.15, -0.1) is 0 Å². The molecular weight excluding hydrogens is 690 g/mol. The molecule has 0 unspecified atom stereocenters. The fourth-order valence-electron chi connectivity index (χ4n) is 5.87. The Hall–Kier alpha value is -3.71. The number of carbonyl (C=O) groups is 4. The van der Waals surface area contributed by atoms with Gasteiger partial charge in [-0.1, -0.05) is 41.4 Å². The molecule has 3 fully saturated rings. The van der Waals surface area contributed by atoms with E-state index in [4.69, 9.17) is 39.5 Å². The molecule has 46 heavy (non-hydrogen) atoms. The van der Waals surface area contributed by atoms with E-state index in [2.05, 4.69) is 32.8 Å². The second-order valence-electron chi connectivity index (χ2n) is 10.8. The van der Waals surface area contributed by atoms with E-state index in [1.54, 1.807) is 0 Å². The Morgan fingerprint density at radius 3 is 2.43 bits per heavy atom. The van der Waals surface area contributed by atoms with E-state index in [1.807, 2.05) is 0 Å². The molecule has 0 aromatic heterocycles. The molecule has 0 saturated carbocycles. The number of ether oxygens (including phenoxy) is 1. The van der Waals surface area contributed by atoms with Gasteiger partial charge in [-0.05, 0) is 18.2 Å². The zero-order valence-corrected chi connectivity index (χ0v) is 25.5. The van der Waals surface area contributed by atoms with Gasteiger partial charge in [0.15, 0.2) is 5.66 Å². The topological polar surface area (TPSA) is 205 Å². The summed E-state index contributed by atoms with van der Waals surface area (Å²) >= 11 is 16.9. The number of carbonyl (C=O) groups excluding carboxylic acids is 4. The molecule has 15 nitrogen and oxygen atoms in total. The number of hydrogen-bond acceptors (Lipinski definition) is 12. The van der Waals surface area contributed by atoms with E-state index in [0.29, 0.717) is 12.1 Å². The van der Waals surface area contributed by atoms with Crippen LogP contribution in [0, 0.1) is 0 Å². The third-order valence-corrected chi connectivity index (χ3v) is 8.19. The average molecular weight is 715 g/mol. The zero-order chi connectivity index (χ0) is 34.0. The predicted molar refractivity (Wildman–Crippen MR) is 152 cm³/mol. The fraction of sp³-hybridized carbons (Fsp3) is 0.480. The van der Waals surface area contributed by atoms with Crippen LogP contribution in [0.5, 0.6) is 5.75 Å². The number of amides is 4. The maximum absolute atomic E-state index is 13.4. The Bertz CT molecular complexity index is 1520. The van der Waals surface area contributed by atoms with Crippen molar-refractivity contribution in [1.82, 2.24) is 31.1 Å². The molecule has 3 saturated heterocycles. The van der Waals surface area contributed by atoms with Crippen molar-refractivity contribution in [3.8, 4) is 5.75 Å². The third-order valence-electron chi connectivity index (χ3n) is 7.86. The van der Waals surface area contributed by atoms with Crippen LogP contribution < -0.4 is 21.3 Å². The van der Waals surface area contributed by atoms with Crippen LogP contribution in [0.1, 0.15) is 28.8 Å². The van der Waals surface area contributed by atoms with Crippen molar-refractivity contribution < 1.29 is 52.4 Å². The molecule has 4 amide bonds. The Kier molecular flexibility index (Phi) is 8.42. The first kappa shape index (κ1) is 33.6. The van der Waals surface area contributed by atoms with Crippen LogP contribution in [0.15, 0.2) is 35.6 Å². The van der Waals surface area contributed by atoms with E-state index in [-0.39, 0.29) is 25.2 Å². The minimum atomic E-state index is -5.01. The molecule has 4 atom stereocenters. The predicted octanol–water partition coefficient (Wildman–Crippen LogP) is 0.218. The van der Waals surface area contributed by atoms with Gasteiger partial charge < -0.3 is 40.9 Å². The number of alkyl halides is 6. The summed E-state index contributed by atoms with van der Waals surface area (Å²) in [5.41, 5.74) is -4.21. The minimum absolute atomic E-state index is 0.0158. The van der Waals surface area contributed by atoms with Crippen LogP contribution in [-0.4, -0.2) is 108 Å². The number of nitrogens with zero attached hydrogens (tertiary/aromatic N) is 3. The summed E-state index contributed by atoms with van der Waals surface area (Å²) in [5, 5.41) is 43.4. The molecule has 5 rings (SSSR count). The normalized spacial score (nSPS) is 27.0. The molecular formula is C25H25Cl3F3N7O8. The average Bonchev–Trinajstić information content (AvgIpc) is 3.53. The number of halogens is 6. The molecule has 4 aliphatic rings. The maximum atomic E-state index is 13.4. The molecule has 7 N–H and O–H groups in total. The smallest absolute Gasteiger partial charge is 0.419 e. The van der Waals surface area contributed by atoms with Crippen molar-refractivity contribution in [3.05, 3.63) is 41.7 Å². The fourth-order valence-corrected chi connectivity index (χ4v) is 6.03. The number of aromatic hydroxyl groups is 1. The first-order valence-corrected chi connectivity index (χ1v) is 14.5. The first-order chi connectivity index (χ1) is 21.2. The highest BCUT2D eigenvalue weighted by atomic mass is 35.6. The van der Waals surface area contributed by atoms with Gasteiger partial charge in [-0.3, -0.25) is 24.6 Å². The van der Waals surface area contributed by atoms with Crippen LogP contribution in [0.25, 0.3) is 0 Å². The van der Waals surface area contributed by atoms with Crippen LogP contribution in [0.4, 0.5) is 18.0 Å². The Balaban J connectivity index is 1.51. The Morgan fingerprint density at radius 2 is 1.83 bits per heavy atom. The van der Waals surface area contributed by atoms with Crippen LogP contribution >= 0.6 is 34.8 Å². The molecule has 0 bridgehead atoms. The lowest BCUT2D eigenvalue weighted by atomic mass is 9.85. The molecule has 250 valence electrons. The van der Waals surface area contributed by atoms with Gasteiger partial charge in [-0.2, -0.15) is 13.2 Å². The number of alkyl carbamates (subject to hydrolysis) is 1. The van der Waals surface area contributed by atoms with Crippen molar-refractivity contribution in [2.75, 3.05) is 19.7 Å². The largest absolute Gasteiger partial charge is 0.507 e. The SMILES string of the molecule is C=C1N[C@H]2[C@H](CN3C(=O)CCC3=O)N=C(NC(=O)OCC(Cl)(Cl)Cl)N3C[C@H](NC(=O)c4ccc(O)c(C(F)(F)F)c4)C(O)(O)[C@]23N1. The summed E-state index contributed by atoms with van der Waals surface area (Å²) in [7, 11) is 0. The highest BCUT2D eigenvalue weighted by Gasteiger charge is 2.74. The lowest BCUT2D eigenvalue weighted by Gasteiger charge is -2.49. The third kappa shape index (κ3) is 5.94. The monoisotopic (exact) mass is 713 g/mol. The molecule has 1 aromatic carbocycles. The van der Waals surface area contributed by atoms with Crippen molar-refractivity contribution in [1.29, 1.82) is 0 Å². The zero-order valence-electron chi connectivity index (χ0n) is 23.2. The first-order valence-electron chi connectivity index (χ1n) is 13.3. The minimum Gasteiger partial charge on any atom is -0.507 e. The number of aliphatic hydroxyl groups is 2. The van der Waals surface area contributed by atoms with Crippen molar-refractivity contribution in [3.63, 3.8) is 0 Å². The van der Waals surface area contributed by atoms with Crippen LogP contribution in [-0.2, 0) is 20.5 Å². The summed E-state index contributed by atoms with van der Waals surface area (Å²) in [5.74, 6) is -6.74. The van der Waals surface area contributed by atoms with E-state index in [1.165, 1.54) is 0 Å². The molecule has 0 radical (unpaired) electrons. The summed E-state index contributed by atoms with van der Waals surface area (Å²) in [6.07, 6.45) is -6.34. The van der Waals surface area contributed by atoms with Crippen molar-refractivity contribution >= 4 is 64.6 Å². The van der Waals surface area contributed by atoms with E-state index >= 15 is 0 Å². The summed E-state index contributed by atoms with van der Waals surface area (Å²) in [4.78, 5) is 57.3. The van der Waals surface area contributed by atoms with Gasteiger partial charge in [0.05, 0.1) is 30.0 Å². The van der Waals surface area contributed by atoms with Gasteiger partial charge >= 0.3 is 12.3 Å². The van der Waals surface area contributed by atoms with Gasteiger partial charge in [0.25, 0.3) is 5.91 Å². The number of guanidine groups is 1. The molecule has 21 heteroatoms. The quantitative estimate of drug-likeness (QED) is 0.125. The number of imide groups is 1. The molecule has 0 aliphatic carbocycles. The van der Waals surface area contributed by atoms with Crippen LogP contribution in [0.2, 0.25) is 0 Å². The number of nitrogens with one attached hydrogen (secondary N) is 4. The van der Waals surface area contributed by atoms with Gasteiger partial charge in [0, 0.05) is 24.9 Å². The summed E-state index contributed by atoms with van der Waals surface area (Å²) in [6, 6.07) is -2.15. The number of hydrogen-bond donors (Lipinski definition) is 7. The molecule has 4 heterocycles. The summed E-state index contributed by atoms with van der Waals surface area (Å²) < 4.78 is 43.0. The lowest BCUT2D eigenvalue weighted by molar-refractivity contribution is -0.231. The van der Waals surface area contributed by atoms with Gasteiger partial charge in [0.1, 0.15) is 18.4 Å². The number of benzene rings is 1. The Labute approximate surface area is 272 Å². The van der Waals surface area contributed by atoms with Crippen LogP contribution in [0.3, 0.4) is 0 Å². The maximum Gasteiger partial charge on any atom is 0.419 e. The van der Waals surface area contributed by atoms with Crippen molar-refractivity contribution in [2.45, 2.75) is 52.4 Å². The van der Waals surface area contributed by atoms with Crippen molar-refractivity contribution in [2.24, 2.45) is 4.99 Å². The number of phenols is 1. The highest BCUT2D eigenvalue weighted by Crippen LogP contribution is 2.45. The Morgan fingerprint density at radius 1 is 1.17 bits per heavy atom. The van der Waals surface area contributed by atoms with E-state index in [9.17, 15) is 47.7 Å². The van der Waals surface area contributed by atoms with E-state index < -0.39 is 99.3 Å². The molecule has 1 aromatic rings. The molecule has 1 spiro atoms. The van der Waals surface area contributed by atoms with Gasteiger partial charge in [-0.25, -0.2) is 9.79 Å².